The number of carbonyl (C=O) groups excluding carboxylic acids is 1. The minimum absolute atomic E-state index is 0.0939. The molecule has 0 radical (unpaired) electrons. The summed E-state index contributed by atoms with van der Waals surface area (Å²) in [5, 5.41) is 20.2. The van der Waals surface area contributed by atoms with Crippen LogP contribution in [0.5, 0.6) is 0 Å². The Hall–Kier alpha value is -1.28. The highest BCUT2D eigenvalue weighted by Gasteiger charge is 2.56. The molecule has 0 aliphatic heterocycles. The molecule has 1 aliphatic carbocycles. The number of rotatable bonds is 2. The topological polar surface area (TPSA) is 82.3 Å². The van der Waals surface area contributed by atoms with E-state index in [0.29, 0.717) is 6.42 Å². The number of amides is 1. The molecule has 0 spiro atoms. The Bertz CT molecular complexity index is 303. The maximum Gasteiger partial charge on any atom is 0.408 e. The van der Waals surface area contributed by atoms with Crippen LogP contribution in [0.1, 0.15) is 27.2 Å². The second kappa shape index (κ2) is 3.70. The average Bonchev–Trinajstić information content (AvgIpc) is 2.76. The number of hydrogen-bond acceptors (Lipinski definition) is 4. The van der Waals surface area contributed by atoms with Crippen LogP contribution < -0.4 is 5.32 Å². The first-order chi connectivity index (χ1) is 6.83. The largest absolute Gasteiger partial charge is 0.444 e. The molecule has 5 heteroatoms. The number of aliphatic hydroxyl groups excluding tert-OH is 1. The fraction of sp³-hybridized carbons (Fsp3) is 0.800. The molecule has 1 saturated carbocycles. The summed E-state index contributed by atoms with van der Waals surface area (Å²) < 4.78 is 5.03. The predicted octanol–water partition coefficient (Wildman–Crippen LogP) is 0.786. The first-order valence-corrected chi connectivity index (χ1v) is 4.86. The lowest BCUT2D eigenvalue weighted by molar-refractivity contribution is 0.0503. The first-order valence-electron chi connectivity index (χ1n) is 4.86. The molecule has 0 aromatic carbocycles. The smallest absolute Gasteiger partial charge is 0.408 e. The van der Waals surface area contributed by atoms with Crippen molar-refractivity contribution in [2.75, 3.05) is 6.61 Å². The molecule has 0 aromatic rings. The Balaban J connectivity index is 2.50. The summed E-state index contributed by atoms with van der Waals surface area (Å²) in [6.07, 6.45) is -0.126. The van der Waals surface area contributed by atoms with Crippen LogP contribution in [0.25, 0.3) is 0 Å². The van der Waals surface area contributed by atoms with Gasteiger partial charge < -0.3 is 15.2 Å². The van der Waals surface area contributed by atoms with Gasteiger partial charge in [-0.15, -0.1) is 0 Å². The molecule has 84 valence electrons. The number of nitrogens with zero attached hydrogens (tertiary/aromatic N) is 1. The van der Waals surface area contributed by atoms with Crippen molar-refractivity contribution in [2.24, 2.45) is 5.92 Å². The van der Waals surface area contributed by atoms with Crippen LogP contribution in [0, 0.1) is 17.2 Å². The van der Waals surface area contributed by atoms with Crippen LogP contribution in [-0.4, -0.2) is 28.9 Å². The summed E-state index contributed by atoms with van der Waals surface area (Å²) in [6, 6.07) is 2.00. The van der Waals surface area contributed by atoms with Gasteiger partial charge in [0.05, 0.1) is 6.07 Å². The van der Waals surface area contributed by atoms with E-state index in [4.69, 9.17) is 15.1 Å². The van der Waals surface area contributed by atoms with Gasteiger partial charge in [-0.1, -0.05) is 0 Å². The van der Waals surface area contributed by atoms with Gasteiger partial charge in [0.2, 0.25) is 0 Å². The highest BCUT2D eigenvalue weighted by molar-refractivity contribution is 5.70. The van der Waals surface area contributed by atoms with E-state index in [9.17, 15) is 4.79 Å². The van der Waals surface area contributed by atoms with Crippen LogP contribution in [0.4, 0.5) is 4.79 Å². The number of nitriles is 1. The highest BCUT2D eigenvalue weighted by atomic mass is 16.6. The molecule has 2 N–H and O–H groups in total. The number of alkyl carbamates (subject to hydrolysis) is 1. The number of aliphatic hydroxyl groups is 1. The molecule has 0 bridgehead atoms. The lowest BCUT2D eigenvalue weighted by Gasteiger charge is -2.21. The van der Waals surface area contributed by atoms with Crippen molar-refractivity contribution >= 4 is 6.09 Å². The Morgan fingerprint density at radius 1 is 1.73 bits per heavy atom. The Morgan fingerprint density at radius 2 is 2.33 bits per heavy atom. The van der Waals surface area contributed by atoms with Crippen molar-refractivity contribution in [3.05, 3.63) is 0 Å². The molecule has 0 saturated heterocycles. The summed E-state index contributed by atoms with van der Waals surface area (Å²) >= 11 is 0. The van der Waals surface area contributed by atoms with Gasteiger partial charge in [0.1, 0.15) is 11.1 Å². The minimum Gasteiger partial charge on any atom is -0.444 e. The summed E-state index contributed by atoms with van der Waals surface area (Å²) in [6.45, 7) is 5.16. The first kappa shape index (κ1) is 11.8. The van der Waals surface area contributed by atoms with Gasteiger partial charge in [-0.05, 0) is 27.2 Å². The van der Waals surface area contributed by atoms with E-state index in [2.05, 4.69) is 5.32 Å². The van der Waals surface area contributed by atoms with E-state index in [1.54, 1.807) is 20.8 Å². The predicted molar refractivity (Wildman–Crippen MR) is 52.9 cm³/mol. The van der Waals surface area contributed by atoms with Crippen LogP contribution in [0.2, 0.25) is 0 Å². The van der Waals surface area contributed by atoms with Gasteiger partial charge in [0, 0.05) is 12.5 Å². The molecule has 1 aliphatic rings. The summed E-state index contributed by atoms with van der Waals surface area (Å²) in [4.78, 5) is 11.4. The van der Waals surface area contributed by atoms with Gasteiger partial charge in [-0.2, -0.15) is 5.26 Å². The number of carbonyl (C=O) groups is 1. The summed E-state index contributed by atoms with van der Waals surface area (Å²) in [7, 11) is 0. The molecule has 0 unspecified atom stereocenters. The molecule has 1 amide bonds. The molecular weight excluding hydrogens is 196 g/mol. The fourth-order valence-corrected chi connectivity index (χ4v) is 1.35. The van der Waals surface area contributed by atoms with Gasteiger partial charge in [-0.3, -0.25) is 0 Å². The monoisotopic (exact) mass is 212 g/mol. The third kappa shape index (κ3) is 2.83. The SMILES string of the molecule is CC(C)(C)OC(=O)N[C@@]1(C#N)C[C@@H]1CO. The number of ether oxygens (including phenoxy) is 1. The van der Waals surface area contributed by atoms with E-state index in [1.165, 1.54) is 0 Å². The zero-order valence-electron chi connectivity index (χ0n) is 9.20. The maximum absolute atomic E-state index is 11.4. The molecule has 1 fully saturated rings. The standard InChI is InChI=1S/C10H16N2O3/c1-9(2,3)15-8(14)12-10(6-11)4-7(10)5-13/h7,13H,4-5H2,1-3H3,(H,12,14)/t7-,10-/m1/s1. The van der Waals surface area contributed by atoms with Crippen molar-refractivity contribution in [3.8, 4) is 6.07 Å². The molecule has 2 atom stereocenters. The van der Waals surface area contributed by atoms with Crippen LogP contribution in [-0.2, 0) is 4.74 Å². The third-order valence-electron chi connectivity index (χ3n) is 2.25. The molecular formula is C10H16N2O3. The van der Waals surface area contributed by atoms with Crippen molar-refractivity contribution < 1.29 is 14.6 Å². The maximum atomic E-state index is 11.4. The van der Waals surface area contributed by atoms with Gasteiger partial charge >= 0.3 is 6.09 Å². The van der Waals surface area contributed by atoms with Crippen molar-refractivity contribution in [1.29, 1.82) is 5.26 Å². The van der Waals surface area contributed by atoms with E-state index in [1.807, 2.05) is 6.07 Å². The van der Waals surface area contributed by atoms with Crippen molar-refractivity contribution in [3.63, 3.8) is 0 Å². The van der Waals surface area contributed by atoms with Gasteiger partial charge in [0.25, 0.3) is 0 Å². The van der Waals surface area contributed by atoms with E-state index < -0.39 is 17.2 Å². The molecule has 5 nitrogen and oxygen atoms in total. The van der Waals surface area contributed by atoms with Gasteiger partial charge in [-0.25, -0.2) is 4.79 Å². The fourth-order valence-electron chi connectivity index (χ4n) is 1.35. The zero-order chi connectivity index (χ0) is 11.7. The van der Waals surface area contributed by atoms with Crippen LogP contribution in [0.3, 0.4) is 0 Å². The summed E-state index contributed by atoms with van der Waals surface area (Å²) in [5.41, 5.74) is -1.50. The Kier molecular flexibility index (Phi) is 2.91. The molecule has 0 heterocycles. The quantitative estimate of drug-likeness (QED) is 0.708. The Morgan fingerprint density at radius 3 is 2.67 bits per heavy atom. The average molecular weight is 212 g/mol. The molecule has 0 aromatic heterocycles. The number of nitrogens with one attached hydrogen (secondary N) is 1. The second-order valence-corrected chi connectivity index (χ2v) is 4.79. The normalized spacial score (nSPS) is 29.1. The highest BCUT2D eigenvalue weighted by Crippen LogP contribution is 2.42. The minimum atomic E-state index is -0.920. The van der Waals surface area contributed by atoms with E-state index in [-0.39, 0.29) is 12.5 Å². The Labute approximate surface area is 89.0 Å². The molecule has 15 heavy (non-hydrogen) atoms. The van der Waals surface area contributed by atoms with Crippen molar-refractivity contribution in [1.82, 2.24) is 5.32 Å². The lowest BCUT2D eigenvalue weighted by Crippen LogP contribution is -2.41. The van der Waals surface area contributed by atoms with Crippen LogP contribution in [0.15, 0.2) is 0 Å². The summed E-state index contributed by atoms with van der Waals surface area (Å²) in [5.74, 6) is -0.171. The van der Waals surface area contributed by atoms with E-state index >= 15 is 0 Å². The zero-order valence-corrected chi connectivity index (χ0v) is 9.20. The number of hydrogen-bond donors (Lipinski definition) is 2. The van der Waals surface area contributed by atoms with Crippen LogP contribution >= 0.6 is 0 Å². The van der Waals surface area contributed by atoms with Gasteiger partial charge in [0.15, 0.2) is 0 Å². The van der Waals surface area contributed by atoms with E-state index in [0.717, 1.165) is 0 Å². The lowest BCUT2D eigenvalue weighted by atomic mass is 10.2. The second-order valence-electron chi connectivity index (χ2n) is 4.79. The molecule has 1 rings (SSSR count). The third-order valence-corrected chi connectivity index (χ3v) is 2.25. The van der Waals surface area contributed by atoms with Crippen molar-refractivity contribution in [2.45, 2.75) is 38.3 Å².